The van der Waals surface area contributed by atoms with Gasteiger partial charge in [-0.1, -0.05) is 78.3 Å². The number of hydrogen-bond donors (Lipinski definition) is 2. The number of ether oxygens (including phenoxy) is 1. The molecule has 0 saturated heterocycles. The van der Waals surface area contributed by atoms with Crippen LogP contribution in [0.1, 0.15) is 34.9 Å². The molecular weight excluding hydrogens is 414 g/mol. The van der Waals surface area contributed by atoms with Crippen LogP contribution < -0.4 is 5.73 Å². The van der Waals surface area contributed by atoms with Gasteiger partial charge in [-0.2, -0.15) is 0 Å². The van der Waals surface area contributed by atoms with E-state index in [9.17, 15) is 14.7 Å². The summed E-state index contributed by atoms with van der Waals surface area (Å²) in [7, 11) is 0. The van der Waals surface area contributed by atoms with Gasteiger partial charge < -0.3 is 15.6 Å². The molecule has 0 aromatic heterocycles. The van der Waals surface area contributed by atoms with Gasteiger partial charge in [0.15, 0.2) is 0 Å². The molecule has 0 bridgehead atoms. The predicted octanol–water partition coefficient (Wildman–Crippen LogP) is 4.58. The molecule has 6 heteroatoms. The highest BCUT2D eigenvalue weighted by Gasteiger charge is 2.34. The molecule has 0 heterocycles. The van der Waals surface area contributed by atoms with Gasteiger partial charge in [0.1, 0.15) is 6.61 Å². The molecule has 0 amide bonds. The van der Waals surface area contributed by atoms with Crippen LogP contribution in [-0.4, -0.2) is 29.7 Å². The zero-order valence-electron chi connectivity index (χ0n) is 16.7. The Bertz CT molecular complexity index is 1080. The van der Waals surface area contributed by atoms with Crippen molar-refractivity contribution in [3.05, 3.63) is 94.5 Å². The fraction of sp³-hybridized carbons (Fsp3) is 0.200. The number of benzene rings is 3. The number of rotatable bonds is 7. The van der Waals surface area contributed by atoms with Crippen LogP contribution in [0.5, 0.6) is 0 Å². The molecule has 0 spiro atoms. The van der Waals surface area contributed by atoms with Gasteiger partial charge in [0.05, 0.1) is 12.3 Å². The summed E-state index contributed by atoms with van der Waals surface area (Å²) in [5.74, 6) is -2.74. The van der Waals surface area contributed by atoms with Gasteiger partial charge in [-0.05, 0) is 33.9 Å². The Hall–Kier alpha value is -3.15. The number of aliphatic carboxylic acids is 1. The van der Waals surface area contributed by atoms with E-state index in [2.05, 4.69) is 12.1 Å². The summed E-state index contributed by atoms with van der Waals surface area (Å²) < 4.78 is 5.74. The molecule has 3 aromatic carbocycles. The molecule has 158 valence electrons. The first-order valence-electron chi connectivity index (χ1n) is 10.0. The highest BCUT2D eigenvalue weighted by atomic mass is 35.5. The Kier molecular flexibility index (Phi) is 6.07. The lowest BCUT2D eigenvalue weighted by Gasteiger charge is -2.24. The number of nitrogens with two attached hydrogens (primary N) is 1. The van der Waals surface area contributed by atoms with E-state index in [1.165, 1.54) is 0 Å². The summed E-state index contributed by atoms with van der Waals surface area (Å²) in [6.07, 6.45) is -0.375. The summed E-state index contributed by atoms with van der Waals surface area (Å²) in [6.45, 7) is 0.133. The smallest absolute Gasteiger partial charge is 0.315 e. The number of carbonyl (C=O) groups is 2. The van der Waals surface area contributed by atoms with E-state index in [1.54, 1.807) is 24.3 Å². The minimum absolute atomic E-state index is 0.0982. The van der Waals surface area contributed by atoms with Crippen molar-refractivity contribution in [2.24, 2.45) is 5.73 Å². The Morgan fingerprint density at radius 2 is 1.48 bits per heavy atom. The number of carbonyl (C=O) groups excluding carboxylic acids is 1. The van der Waals surface area contributed by atoms with Crippen LogP contribution in [0.25, 0.3) is 11.1 Å². The second-order valence-electron chi connectivity index (χ2n) is 7.62. The third-order valence-corrected chi connectivity index (χ3v) is 6.03. The first kappa shape index (κ1) is 21.1. The minimum atomic E-state index is -1.09. The van der Waals surface area contributed by atoms with Crippen molar-refractivity contribution >= 4 is 23.5 Å². The molecule has 2 atom stereocenters. The molecule has 0 saturated carbocycles. The molecular formula is C25H22ClNO4. The van der Waals surface area contributed by atoms with Gasteiger partial charge in [-0.25, -0.2) is 0 Å². The third-order valence-electron chi connectivity index (χ3n) is 5.69. The Balaban J connectivity index is 1.60. The number of halogens is 1. The van der Waals surface area contributed by atoms with Crippen molar-refractivity contribution in [1.82, 2.24) is 0 Å². The van der Waals surface area contributed by atoms with Crippen molar-refractivity contribution in [3.63, 3.8) is 0 Å². The number of carboxylic acid groups (broad SMARTS) is 1. The molecule has 0 radical (unpaired) electrons. The van der Waals surface area contributed by atoms with Crippen molar-refractivity contribution in [2.75, 3.05) is 6.61 Å². The lowest BCUT2D eigenvalue weighted by atomic mass is 9.90. The molecule has 0 fully saturated rings. The van der Waals surface area contributed by atoms with Crippen molar-refractivity contribution < 1.29 is 19.4 Å². The second-order valence-corrected chi connectivity index (χ2v) is 8.03. The molecule has 1 aliphatic rings. The second kappa shape index (κ2) is 8.92. The quantitative estimate of drug-likeness (QED) is 0.530. The van der Waals surface area contributed by atoms with Crippen LogP contribution in [0, 0.1) is 0 Å². The lowest BCUT2D eigenvalue weighted by Crippen LogP contribution is -2.37. The number of hydrogen-bond acceptors (Lipinski definition) is 4. The summed E-state index contributed by atoms with van der Waals surface area (Å²) in [4.78, 5) is 24.4. The van der Waals surface area contributed by atoms with E-state index < -0.39 is 23.9 Å². The molecule has 1 aliphatic carbocycles. The van der Waals surface area contributed by atoms with Gasteiger partial charge in [0.2, 0.25) is 0 Å². The van der Waals surface area contributed by atoms with E-state index >= 15 is 0 Å². The summed E-state index contributed by atoms with van der Waals surface area (Å²) in [6, 6.07) is 21.9. The first-order valence-corrected chi connectivity index (χ1v) is 10.4. The van der Waals surface area contributed by atoms with E-state index in [1.807, 2.05) is 36.4 Å². The third kappa shape index (κ3) is 4.20. The maximum absolute atomic E-state index is 13.1. The van der Waals surface area contributed by atoms with Gasteiger partial charge >= 0.3 is 11.9 Å². The summed E-state index contributed by atoms with van der Waals surface area (Å²) >= 11 is 6.29. The van der Waals surface area contributed by atoms with E-state index in [4.69, 9.17) is 22.1 Å². The average molecular weight is 436 g/mol. The van der Waals surface area contributed by atoms with Crippen LogP contribution >= 0.6 is 11.6 Å². The molecule has 3 aromatic rings. The molecule has 0 aliphatic heterocycles. The van der Waals surface area contributed by atoms with E-state index in [0.29, 0.717) is 10.6 Å². The molecule has 3 N–H and O–H groups in total. The summed E-state index contributed by atoms with van der Waals surface area (Å²) in [5, 5.41) is 9.54. The van der Waals surface area contributed by atoms with Gasteiger partial charge in [-0.3, -0.25) is 9.59 Å². The Morgan fingerprint density at radius 1 is 0.935 bits per heavy atom. The normalized spacial score (nSPS) is 14.4. The van der Waals surface area contributed by atoms with Crippen molar-refractivity contribution in [1.29, 1.82) is 0 Å². The molecule has 5 nitrogen and oxygen atoms in total. The predicted molar refractivity (Wildman–Crippen MR) is 119 cm³/mol. The van der Waals surface area contributed by atoms with E-state index in [0.717, 1.165) is 22.3 Å². The SMILES string of the molecule is N[C@H](CC(=O)O)[C@@H](C(=O)OCC1c2ccccc2-c2ccccc21)c1ccccc1Cl. The topological polar surface area (TPSA) is 89.6 Å². The number of esters is 1. The largest absolute Gasteiger partial charge is 0.481 e. The van der Waals surface area contributed by atoms with Gasteiger partial charge in [-0.15, -0.1) is 0 Å². The van der Waals surface area contributed by atoms with Crippen LogP contribution in [0.2, 0.25) is 5.02 Å². The zero-order valence-corrected chi connectivity index (χ0v) is 17.5. The monoisotopic (exact) mass is 435 g/mol. The standard InChI is InChI=1S/C25H22ClNO4/c26-21-12-6-5-11-19(21)24(22(27)13-23(28)29)25(30)31-14-20-17-9-3-1-7-15(17)16-8-2-4-10-18(16)20/h1-12,20,22,24H,13-14,27H2,(H,28,29)/t22-,24+/m1/s1. The Labute approximate surface area is 185 Å². The van der Waals surface area contributed by atoms with Crippen LogP contribution in [-0.2, 0) is 14.3 Å². The molecule has 4 rings (SSSR count). The average Bonchev–Trinajstić information content (AvgIpc) is 3.07. The zero-order chi connectivity index (χ0) is 22.0. The highest BCUT2D eigenvalue weighted by Crippen LogP contribution is 2.44. The maximum atomic E-state index is 13.1. The highest BCUT2D eigenvalue weighted by molar-refractivity contribution is 6.31. The van der Waals surface area contributed by atoms with Gasteiger partial charge in [0, 0.05) is 17.0 Å². The van der Waals surface area contributed by atoms with Crippen LogP contribution in [0.3, 0.4) is 0 Å². The number of fused-ring (bicyclic) bond motifs is 3. The minimum Gasteiger partial charge on any atom is -0.481 e. The van der Waals surface area contributed by atoms with Crippen LogP contribution in [0.4, 0.5) is 0 Å². The Morgan fingerprint density at radius 3 is 2.06 bits per heavy atom. The van der Waals surface area contributed by atoms with Crippen LogP contribution in [0.15, 0.2) is 72.8 Å². The fourth-order valence-corrected chi connectivity index (χ4v) is 4.53. The van der Waals surface area contributed by atoms with E-state index in [-0.39, 0.29) is 18.9 Å². The fourth-order valence-electron chi connectivity index (χ4n) is 4.27. The van der Waals surface area contributed by atoms with Gasteiger partial charge in [0.25, 0.3) is 0 Å². The van der Waals surface area contributed by atoms with Crippen molar-refractivity contribution in [2.45, 2.75) is 24.3 Å². The summed E-state index contributed by atoms with van der Waals surface area (Å²) in [5.41, 5.74) is 11.0. The lowest BCUT2D eigenvalue weighted by molar-refractivity contribution is -0.146. The van der Waals surface area contributed by atoms with Crippen molar-refractivity contribution in [3.8, 4) is 11.1 Å². The number of carboxylic acids is 1. The molecule has 31 heavy (non-hydrogen) atoms. The maximum Gasteiger partial charge on any atom is 0.315 e. The first-order chi connectivity index (χ1) is 15.0. The molecule has 0 unspecified atom stereocenters.